The number of rotatable bonds is 11. The van der Waals surface area contributed by atoms with Crippen LogP contribution in [0.3, 0.4) is 0 Å². The van der Waals surface area contributed by atoms with Crippen molar-refractivity contribution in [3.63, 3.8) is 0 Å². The van der Waals surface area contributed by atoms with Gasteiger partial charge in [0.2, 0.25) is 0 Å². The molecule has 0 fully saturated rings. The van der Waals surface area contributed by atoms with E-state index in [1.165, 1.54) is 15.3 Å². The minimum Gasteiger partial charge on any atom is -0.379 e. The van der Waals surface area contributed by atoms with Gasteiger partial charge < -0.3 is 20.1 Å². The van der Waals surface area contributed by atoms with Crippen molar-refractivity contribution in [1.82, 2.24) is 10.6 Å². The zero-order valence-electron chi connectivity index (χ0n) is 16.6. The Morgan fingerprint density at radius 3 is 2.59 bits per heavy atom. The lowest BCUT2D eigenvalue weighted by atomic mass is 10.1. The molecule has 27 heavy (non-hydrogen) atoms. The van der Waals surface area contributed by atoms with Crippen molar-refractivity contribution >= 4 is 17.3 Å². The fraction of sp³-hybridized carbons (Fsp3) is 0.476. The Hall–Kier alpha value is -1.89. The van der Waals surface area contributed by atoms with E-state index in [0.29, 0.717) is 26.4 Å². The monoisotopic (exact) mass is 389 g/mol. The molecule has 0 atom stereocenters. The predicted octanol–water partition coefficient (Wildman–Crippen LogP) is 3.86. The van der Waals surface area contributed by atoms with Crippen molar-refractivity contribution in [3.05, 3.63) is 57.3 Å². The molecule has 1 heterocycles. The van der Waals surface area contributed by atoms with E-state index in [4.69, 9.17) is 14.5 Å². The summed E-state index contributed by atoms with van der Waals surface area (Å²) in [6.07, 6.45) is 0. The Morgan fingerprint density at radius 1 is 1.04 bits per heavy atom. The van der Waals surface area contributed by atoms with Crippen LogP contribution in [-0.4, -0.2) is 32.3 Å². The van der Waals surface area contributed by atoms with Crippen molar-refractivity contribution in [2.45, 2.75) is 40.5 Å². The second kappa shape index (κ2) is 12.5. The van der Waals surface area contributed by atoms with Crippen molar-refractivity contribution in [1.29, 1.82) is 0 Å². The van der Waals surface area contributed by atoms with E-state index >= 15 is 0 Å². The minimum atomic E-state index is 0.598. The van der Waals surface area contributed by atoms with Crippen LogP contribution in [0.5, 0.6) is 0 Å². The Balaban J connectivity index is 1.85. The van der Waals surface area contributed by atoms with Crippen LogP contribution in [0, 0.1) is 6.92 Å². The average Bonchev–Trinajstić information content (AvgIpc) is 3.09. The third kappa shape index (κ3) is 8.56. The SMILES string of the molecule is CCNC(=NCc1cccc(COCCOCC)c1)NCc1ccc(C)s1. The van der Waals surface area contributed by atoms with Crippen LogP contribution >= 0.6 is 11.3 Å². The van der Waals surface area contributed by atoms with Gasteiger partial charge in [0.05, 0.1) is 32.9 Å². The molecule has 2 N–H and O–H groups in total. The summed E-state index contributed by atoms with van der Waals surface area (Å²) in [6, 6.07) is 12.7. The number of thiophene rings is 1. The molecule has 0 aliphatic carbocycles. The lowest BCUT2D eigenvalue weighted by Gasteiger charge is -2.11. The Morgan fingerprint density at radius 2 is 1.85 bits per heavy atom. The molecule has 0 bridgehead atoms. The molecular formula is C21H31N3O2S. The van der Waals surface area contributed by atoms with E-state index < -0.39 is 0 Å². The fourth-order valence-electron chi connectivity index (χ4n) is 2.53. The molecule has 0 radical (unpaired) electrons. The fourth-order valence-corrected chi connectivity index (χ4v) is 3.36. The van der Waals surface area contributed by atoms with Gasteiger partial charge in [-0.25, -0.2) is 4.99 Å². The molecule has 1 aromatic heterocycles. The number of hydrogen-bond acceptors (Lipinski definition) is 4. The van der Waals surface area contributed by atoms with Gasteiger partial charge in [0.15, 0.2) is 5.96 Å². The zero-order chi connectivity index (χ0) is 19.3. The van der Waals surface area contributed by atoms with Crippen LogP contribution in [0.15, 0.2) is 41.4 Å². The summed E-state index contributed by atoms with van der Waals surface area (Å²) in [4.78, 5) is 7.34. The molecule has 2 aromatic rings. The first kappa shape index (κ1) is 21.4. The van der Waals surface area contributed by atoms with Gasteiger partial charge in [0, 0.05) is 22.9 Å². The molecule has 2 rings (SSSR count). The third-order valence-electron chi connectivity index (χ3n) is 3.83. The van der Waals surface area contributed by atoms with Gasteiger partial charge in [-0.05, 0) is 44.0 Å². The average molecular weight is 390 g/mol. The summed E-state index contributed by atoms with van der Waals surface area (Å²) in [5.41, 5.74) is 2.33. The van der Waals surface area contributed by atoms with E-state index in [9.17, 15) is 0 Å². The summed E-state index contributed by atoms with van der Waals surface area (Å²) >= 11 is 1.81. The summed E-state index contributed by atoms with van der Waals surface area (Å²) in [6.45, 7) is 11.0. The van der Waals surface area contributed by atoms with Crippen molar-refractivity contribution < 1.29 is 9.47 Å². The highest BCUT2D eigenvalue weighted by Crippen LogP contribution is 2.14. The van der Waals surface area contributed by atoms with Gasteiger partial charge in [-0.1, -0.05) is 24.3 Å². The van der Waals surface area contributed by atoms with Crippen LogP contribution in [0.4, 0.5) is 0 Å². The summed E-state index contributed by atoms with van der Waals surface area (Å²) in [7, 11) is 0. The molecule has 0 aliphatic rings. The zero-order valence-corrected chi connectivity index (χ0v) is 17.4. The Labute approximate surface area is 166 Å². The Bertz CT molecular complexity index is 700. The lowest BCUT2D eigenvalue weighted by Crippen LogP contribution is -2.36. The van der Waals surface area contributed by atoms with Crippen molar-refractivity contribution in [2.24, 2.45) is 4.99 Å². The summed E-state index contributed by atoms with van der Waals surface area (Å²) in [5, 5.41) is 6.70. The molecular weight excluding hydrogens is 358 g/mol. The van der Waals surface area contributed by atoms with Crippen LogP contribution in [-0.2, 0) is 29.2 Å². The molecule has 0 amide bonds. The standard InChI is InChI=1S/C21H31N3O2S/c1-4-22-21(24-15-20-10-9-17(3)27-20)23-14-18-7-6-8-19(13-18)16-26-12-11-25-5-2/h6-10,13H,4-5,11-12,14-16H2,1-3H3,(H2,22,23,24). The van der Waals surface area contributed by atoms with Crippen LogP contribution in [0.25, 0.3) is 0 Å². The van der Waals surface area contributed by atoms with Gasteiger partial charge in [-0.2, -0.15) is 0 Å². The highest BCUT2D eigenvalue weighted by atomic mass is 32.1. The number of guanidine groups is 1. The number of nitrogens with one attached hydrogen (secondary N) is 2. The number of hydrogen-bond donors (Lipinski definition) is 2. The first-order chi connectivity index (χ1) is 13.2. The smallest absolute Gasteiger partial charge is 0.191 e. The van der Waals surface area contributed by atoms with Crippen molar-refractivity contribution in [2.75, 3.05) is 26.4 Å². The maximum atomic E-state index is 5.65. The van der Waals surface area contributed by atoms with Crippen LogP contribution in [0.1, 0.15) is 34.7 Å². The molecule has 0 unspecified atom stereocenters. The number of ether oxygens (including phenoxy) is 2. The molecule has 148 valence electrons. The number of aryl methyl sites for hydroxylation is 1. The molecule has 5 nitrogen and oxygen atoms in total. The maximum Gasteiger partial charge on any atom is 0.191 e. The first-order valence-corrected chi connectivity index (χ1v) is 10.3. The second-order valence-corrected chi connectivity index (χ2v) is 7.50. The molecule has 0 spiro atoms. The third-order valence-corrected chi connectivity index (χ3v) is 4.83. The quantitative estimate of drug-likeness (QED) is 0.348. The minimum absolute atomic E-state index is 0.598. The van der Waals surface area contributed by atoms with Gasteiger partial charge >= 0.3 is 0 Å². The van der Waals surface area contributed by atoms with E-state index in [1.54, 1.807) is 0 Å². The van der Waals surface area contributed by atoms with E-state index in [1.807, 2.05) is 18.3 Å². The van der Waals surface area contributed by atoms with Gasteiger partial charge in [0.25, 0.3) is 0 Å². The summed E-state index contributed by atoms with van der Waals surface area (Å²) < 4.78 is 10.9. The van der Waals surface area contributed by atoms with Gasteiger partial charge in [-0.3, -0.25) is 0 Å². The van der Waals surface area contributed by atoms with E-state index in [2.05, 4.69) is 60.9 Å². The molecule has 1 aromatic carbocycles. The molecule has 0 saturated carbocycles. The summed E-state index contributed by atoms with van der Waals surface area (Å²) in [5.74, 6) is 0.835. The first-order valence-electron chi connectivity index (χ1n) is 9.52. The van der Waals surface area contributed by atoms with E-state index in [0.717, 1.165) is 31.2 Å². The van der Waals surface area contributed by atoms with Gasteiger partial charge in [0.1, 0.15) is 0 Å². The predicted molar refractivity (Wildman–Crippen MR) is 113 cm³/mol. The molecule has 6 heteroatoms. The van der Waals surface area contributed by atoms with Crippen molar-refractivity contribution in [3.8, 4) is 0 Å². The Kier molecular flexibility index (Phi) is 9.90. The number of nitrogens with zero attached hydrogens (tertiary/aromatic N) is 1. The second-order valence-electron chi connectivity index (χ2n) is 6.13. The molecule has 0 saturated heterocycles. The number of aliphatic imine (C=N–C) groups is 1. The highest BCUT2D eigenvalue weighted by molar-refractivity contribution is 7.11. The maximum absolute atomic E-state index is 5.65. The topological polar surface area (TPSA) is 54.9 Å². The lowest BCUT2D eigenvalue weighted by molar-refractivity contribution is 0.0453. The molecule has 0 aliphatic heterocycles. The van der Waals surface area contributed by atoms with Gasteiger partial charge in [-0.15, -0.1) is 11.3 Å². The largest absolute Gasteiger partial charge is 0.379 e. The van der Waals surface area contributed by atoms with E-state index in [-0.39, 0.29) is 0 Å². The van der Waals surface area contributed by atoms with Crippen LogP contribution in [0.2, 0.25) is 0 Å². The normalized spacial score (nSPS) is 11.6. The number of benzene rings is 1. The highest BCUT2D eigenvalue weighted by Gasteiger charge is 2.01. The van der Waals surface area contributed by atoms with Crippen LogP contribution < -0.4 is 10.6 Å².